The monoisotopic (exact) mass is 344 g/mol. The lowest BCUT2D eigenvalue weighted by atomic mass is 9.81. The number of halogens is 1. The fourth-order valence-corrected chi connectivity index (χ4v) is 3.29. The van der Waals surface area contributed by atoms with Crippen LogP contribution < -0.4 is 4.74 Å². The molecule has 1 aliphatic heterocycles. The molecule has 0 aliphatic carbocycles. The van der Waals surface area contributed by atoms with Gasteiger partial charge in [-0.15, -0.1) is 0 Å². The Bertz CT molecular complexity index is 747. The molecule has 1 heterocycles. The molecule has 0 saturated carbocycles. The van der Waals surface area contributed by atoms with Gasteiger partial charge in [-0.3, -0.25) is 4.79 Å². The van der Waals surface area contributed by atoms with Gasteiger partial charge in [-0.2, -0.15) is 0 Å². The van der Waals surface area contributed by atoms with Crippen molar-refractivity contribution >= 4 is 5.97 Å². The van der Waals surface area contributed by atoms with Crippen molar-refractivity contribution in [1.29, 1.82) is 0 Å². The fourth-order valence-electron chi connectivity index (χ4n) is 3.29. The molecule has 1 aliphatic rings. The Labute approximate surface area is 146 Å². The van der Waals surface area contributed by atoms with Crippen LogP contribution in [0, 0.1) is 5.82 Å². The number of esters is 1. The van der Waals surface area contributed by atoms with Gasteiger partial charge in [-0.05, 0) is 30.7 Å². The molecule has 132 valence electrons. The predicted octanol–water partition coefficient (Wildman–Crippen LogP) is 3.36. The van der Waals surface area contributed by atoms with Gasteiger partial charge in [0.15, 0.2) is 0 Å². The Morgan fingerprint density at radius 3 is 2.80 bits per heavy atom. The lowest BCUT2D eigenvalue weighted by molar-refractivity contribution is -0.151. The van der Waals surface area contributed by atoms with Gasteiger partial charge in [0.2, 0.25) is 0 Å². The first-order chi connectivity index (χ1) is 12.0. The second-order valence-electron chi connectivity index (χ2n) is 6.29. The predicted molar refractivity (Wildman–Crippen MR) is 90.7 cm³/mol. The minimum absolute atomic E-state index is 0.192. The van der Waals surface area contributed by atoms with Crippen LogP contribution in [0.1, 0.15) is 30.9 Å². The third kappa shape index (κ3) is 3.99. The van der Waals surface area contributed by atoms with Crippen LogP contribution in [0.4, 0.5) is 4.39 Å². The van der Waals surface area contributed by atoms with Crippen molar-refractivity contribution in [3.63, 3.8) is 0 Å². The van der Waals surface area contributed by atoms with Crippen molar-refractivity contribution in [1.82, 2.24) is 0 Å². The normalized spacial score (nSPS) is 22.0. The summed E-state index contributed by atoms with van der Waals surface area (Å²) in [6.07, 6.45) is 0.228. The first kappa shape index (κ1) is 17.4. The van der Waals surface area contributed by atoms with Crippen LogP contribution in [-0.4, -0.2) is 23.8 Å². The standard InChI is InChI=1S/C20H21FO4/c1-2-24-19(22)13-20(23)12-16(10-14-6-4-3-5-7-14)25-18-9-8-15(21)11-17(18)20/h3-9,11,16,23H,2,10,12-13H2,1H3/t16-,20-/m1/s1. The van der Waals surface area contributed by atoms with E-state index in [1.165, 1.54) is 18.2 Å². The van der Waals surface area contributed by atoms with Crippen LogP contribution in [0.3, 0.4) is 0 Å². The van der Waals surface area contributed by atoms with E-state index in [9.17, 15) is 14.3 Å². The number of hydrogen-bond acceptors (Lipinski definition) is 4. The van der Waals surface area contributed by atoms with Crippen LogP contribution in [0.25, 0.3) is 0 Å². The fraction of sp³-hybridized carbons (Fsp3) is 0.350. The smallest absolute Gasteiger partial charge is 0.309 e. The average Bonchev–Trinajstić information content (AvgIpc) is 2.56. The van der Waals surface area contributed by atoms with Gasteiger partial charge in [-0.1, -0.05) is 30.3 Å². The highest BCUT2D eigenvalue weighted by Gasteiger charge is 2.42. The first-order valence-corrected chi connectivity index (χ1v) is 8.39. The van der Waals surface area contributed by atoms with Crippen molar-refractivity contribution < 1.29 is 23.8 Å². The minimum Gasteiger partial charge on any atom is -0.490 e. The summed E-state index contributed by atoms with van der Waals surface area (Å²) in [6, 6.07) is 13.8. The minimum atomic E-state index is -1.51. The van der Waals surface area contributed by atoms with E-state index in [0.717, 1.165) is 5.56 Å². The molecule has 0 bridgehead atoms. The Hall–Kier alpha value is -2.40. The largest absolute Gasteiger partial charge is 0.490 e. The van der Waals surface area contributed by atoms with Crippen molar-refractivity contribution in [2.24, 2.45) is 0 Å². The Balaban J connectivity index is 1.89. The molecule has 4 nitrogen and oxygen atoms in total. The third-order valence-electron chi connectivity index (χ3n) is 4.35. The maximum Gasteiger partial charge on any atom is 0.309 e. The van der Waals surface area contributed by atoms with E-state index in [-0.39, 0.29) is 25.6 Å². The van der Waals surface area contributed by atoms with E-state index in [0.29, 0.717) is 17.7 Å². The summed E-state index contributed by atoms with van der Waals surface area (Å²) in [5.41, 5.74) is -0.150. The van der Waals surface area contributed by atoms with Crippen LogP contribution in [0.15, 0.2) is 48.5 Å². The zero-order chi connectivity index (χ0) is 17.9. The summed E-state index contributed by atoms with van der Waals surface area (Å²) >= 11 is 0. The van der Waals surface area contributed by atoms with Crippen molar-refractivity contribution in [2.45, 2.75) is 37.9 Å². The molecular formula is C20H21FO4. The quantitative estimate of drug-likeness (QED) is 0.845. The molecule has 1 N–H and O–H groups in total. The van der Waals surface area contributed by atoms with Gasteiger partial charge >= 0.3 is 5.97 Å². The maximum atomic E-state index is 13.7. The number of ether oxygens (including phenoxy) is 2. The highest BCUT2D eigenvalue weighted by atomic mass is 19.1. The van der Waals surface area contributed by atoms with E-state index < -0.39 is 17.4 Å². The molecule has 0 radical (unpaired) electrons. The topological polar surface area (TPSA) is 55.8 Å². The highest BCUT2D eigenvalue weighted by molar-refractivity contribution is 5.71. The molecule has 0 spiro atoms. The van der Waals surface area contributed by atoms with E-state index in [1.807, 2.05) is 30.3 Å². The zero-order valence-electron chi connectivity index (χ0n) is 14.1. The molecule has 0 aromatic heterocycles. The van der Waals surface area contributed by atoms with Gasteiger partial charge in [0, 0.05) is 18.4 Å². The molecule has 0 saturated heterocycles. The van der Waals surface area contributed by atoms with Crippen molar-refractivity contribution in [3.05, 3.63) is 65.5 Å². The Kier molecular flexibility index (Phi) is 5.04. The van der Waals surface area contributed by atoms with Crippen LogP contribution in [0.5, 0.6) is 5.75 Å². The van der Waals surface area contributed by atoms with Gasteiger partial charge in [0.25, 0.3) is 0 Å². The number of fused-ring (bicyclic) bond motifs is 1. The number of rotatable bonds is 5. The van der Waals surface area contributed by atoms with Gasteiger partial charge in [0.1, 0.15) is 23.3 Å². The highest BCUT2D eigenvalue weighted by Crippen LogP contribution is 2.42. The van der Waals surface area contributed by atoms with E-state index >= 15 is 0 Å². The lowest BCUT2D eigenvalue weighted by Gasteiger charge is -2.38. The number of aliphatic hydroxyl groups is 1. The van der Waals surface area contributed by atoms with Crippen molar-refractivity contribution in [2.75, 3.05) is 6.61 Å². The number of hydrogen-bond donors (Lipinski definition) is 1. The lowest BCUT2D eigenvalue weighted by Crippen LogP contribution is -2.41. The first-order valence-electron chi connectivity index (χ1n) is 8.39. The van der Waals surface area contributed by atoms with Crippen molar-refractivity contribution in [3.8, 4) is 5.75 Å². The summed E-state index contributed by atoms with van der Waals surface area (Å²) in [4.78, 5) is 12.0. The van der Waals surface area contributed by atoms with Gasteiger partial charge < -0.3 is 14.6 Å². The van der Waals surface area contributed by atoms with Gasteiger partial charge in [-0.25, -0.2) is 4.39 Å². The summed E-state index contributed by atoms with van der Waals surface area (Å²) in [7, 11) is 0. The summed E-state index contributed by atoms with van der Waals surface area (Å²) < 4.78 is 24.6. The molecule has 0 amide bonds. The summed E-state index contributed by atoms with van der Waals surface area (Å²) in [6.45, 7) is 1.94. The molecule has 5 heteroatoms. The Morgan fingerprint density at radius 1 is 1.32 bits per heavy atom. The molecule has 0 fully saturated rings. The molecule has 2 aromatic rings. The van der Waals surface area contributed by atoms with Crippen LogP contribution >= 0.6 is 0 Å². The summed E-state index contributed by atoms with van der Waals surface area (Å²) in [5, 5.41) is 11.1. The average molecular weight is 344 g/mol. The second kappa shape index (κ2) is 7.23. The number of benzene rings is 2. The molecule has 3 rings (SSSR count). The van der Waals surface area contributed by atoms with Gasteiger partial charge in [0.05, 0.1) is 13.0 Å². The molecule has 0 unspecified atom stereocenters. The van der Waals surface area contributed by atoms with E-state index in [2.05, 4.69) is 0 Å². The second-order valence-corrected chi connectivity index (χ2v) is 6.29. The Morgan fingerprint density at radius 2 is 2.08 bits per heavy atom. The summed E-state index contributed by atoms with van der Waals surface area (Å²) in [5.74, 6) is -0.591. The zero-order valence-corrected chi connectivity index (χ0v) is 14.1. The van der Waals surface area contributed by atoms with E-state index in [4.69, 9.17) is 9.47 Å². The number of carbonyl (C=O) groups excluding carboxylic acids is 1. The maximum absolute atomic E-state index is 13.7. The molecule has 2 aromatic carbocycles. The SMILES string of the molecule is CCOC(=O)C[C@]1(O)C[C@@H](Cc2ccccc2)Oc2ccc(F)cc21. The molecular weight excluding hydrogens is 323 g/mol. The third-order valence-corrected chi connectivity index (χ3v) is 4.35. The molecule has 25 heavy (non-hydrogen) atoms. The van der Waals surface area contributed by atoms with Crippen LogP contribution in [0.2, 0.25) is 0 Å². The number of carbonyl (C=O) groups is 1. The van der Waals surface area contributed by atoms with E-state index in [1.54, 1.807) is 6.92 Å². The molecule has 2 atom stereocenters. The van der Waals surface area contributed by atoms with Crippen LogP contribution in [-0.2, 0) is 21.6 Å².